The molecule has 0 amide bonds. The van der Waals surface area contributed by atoms with Crippen LogP contribution in [0.2, 0.25) is 0 Å². The normalized spacial score (nSPS) is 20.9. The summed E-state index contributed by atoms with van der Waals surface area (Å²) in [6, 6.07) is 8.68. The van der Waals surface area contributed by atoms with Crippen molar-refractivity contribution in [2.75, 3.05) is 18.8 Å². The van der Waals surface area contributed by atoms with Gasteiger partial charge in [-0.15, -0.1) is 0 Å². The Bertz CT molecular complexity index is 340. The summed E-state index contributed by atoms with van der Waals surface area (Å²) in [5, 5.41) is 0. The summed E-state index contributed by atoms with van der Waals surface area (Å²) < 4.78 is 0. The molecule has 0 aliphatic carbocycles. The summed E-state index contributed by atoms with van der Waals surface area (Å²) in [6.45, 7) is 7.02. The number of nitrogen functional groups attached to an aromatic ring is 1. The van der Waals surface area contributed by atoms with E-state index in [0.29, 0.717) is 6.04 Å². The number of benzene rings is 1. The third-order valence-corrected chi connectivity index (χ3v) is 3.81. The number of anilines is 1. The van der Waals surface area contributed by atoms with E-state index in [0.717, 1.165) is 11.6 Å². The molecular weight excluding hydrogens is 196 g/mol. The molecule has 1 heterocycles. The van der Waals surface area contributed by atoms with Crippen molar-refractivity contribution in [3.63, 3.8) is 0 Å². The first-order valence-electron chi connectivity index (χ1n) is 6.27. The number of rotatable bonds is 2. The Morgan fingerprint density at radius 2 is 1.88 bits per heavy atom. The van der Waals surface area contributed by atoms with Gasteiger partial charge in [0.25, 0.3) is 0 Å². The van der Waals surface area contributed by atoms with Crippen molar-refractivity contribution >= 4 is 5.69 Å². The van der Waals surface area contributed by atoms with Gasteiger partial charge in [-0.05, 0) is 50.4 Å². The Hall–Kier alpha value is -1.02. The van der Waals surface area contributed by atoms with Crippen LogP contribution in [0.15, 0.2) is 24.3 Å². The van der Waals surface area contributed by atoms with Gasteiger partial charge in [-0.2, -0.15) is 0 Å². The van der Waals surface area contributed by atoms with Gasteiger partial charge in [0.15, 0.2) is 0 Å². The van der Waals surface area contributed by atoms with Crippen LogP contribution in [0, 0.1) is 5.92 Å². The quantitative estimate of drug-likeness (QED) is 0.773. The van der Waals surface area contributed by atoms with Gasteiger partial charge in [-0.1, -0.05) is 25.1 Å². The molecule has 2 N–H and O–H groups in total. The zero-order chi connectivity index (χ0) is 11.5. The standard InChI is InChI=1S/C14H22N2/c1-11-7-9-16(10-8-11)12(2)13-5-3-4-6-14(13)15/h3-6,11-12H,7-10,15H2,1-2H3. The second-order valence-electron chi connectivity index (χ2n) is 5.02. The van der Waals surface area contributed by atoms with Crippen LogP contribution in [-0.4, -0.2) is 18.0 Å². The molecule has 2 nitrogen and oxygen atoms in total. The Morgan fingerprint density at radius 3 is 2.50 bits per heavy atom. The van der Waals surface area contributed by atoms with Crippen molar-refractivity contribution < 1.29 is 0 Å². The van der Waals surface area contributed by atoms with Crippen LogP contribution in [-0.2, 0) is 0 Å². The molecule has 1 aliphatic heterocycles. The minimum absolute atomic E-state index is 0.452. The average molecular weight is 218 g/mol. The Labute approximate surface area is 98.4 Å². The highest BCUT2D eigenvalue weighted by molar-refractivity contribution is 5.47. The van der Waals surface area contributed by atoms with E-state index in [1.165, 1.54) is 31.5 Å². The van der Waals surface area contributed by atoms with Crippen molar-refractivity contribution in [2.24, 2.45) is 5.92 Å². The Kier molecular flexibility index (Phi) is 3.49. The van der Waals surface area contributed by atoms with Gasteiger partial charge in [0, 0.05) is 11.7 Å². The van der Waals surface area contributed by atoms with Crippen molar-refractivity contribution in [1.82, 2.24) is 4.90 Å². The molecule has 0 aromatic heterocycles. The fraction of sp³-hybridized carbons (Fsp3) is 0.571. The van der Waals surface area contributed by atoms with E-state index in [2.05, 4.69) is 30.9 Å². The molecule has 0 spiro atoms. The summed E-state index contributed by atoms with van der Waals surface area (Å²) >= 11 is 0. The van der Waals surface area contributed by atoms with Crippen LogP contribution < -0.4 is 5.73 Å². The zero-order valence-corrected chi connectivity index (χ0v) is 10.3. The second kappa shape index (κ2) is 4.88. The van der Waals surface area contributed by atoms with Gasteiger partial charge in [0.2, 0.25) is 0 Å². The molecule has 0 saturated carbocycles. The number of piperidine rings is 1. The lowest BCUT2D eigenvalue weighted by Crippen LogP contribution is -2.35. The van der Waals surface area contributed by atoms with Crippen LogP contribution in [0.25, 0.3) is 0 Å². The zero-order valence-electron chi connectivity index (χ0n) is 10.3. The molecule has 1 aliphatic rings. The van der Waals surface area contributed by atoms with E-state index in [9.17, 15) is 0 Å². The number of nitrogens with zero attached hydrogens (tertiary/aromatic N) is 1. The molecule has 2 rings (SSSR count). The lowest BCUT2D eigenvalue weighted by Gasteiger charge is -2.35. The van der Waals surface area contributed by atoms with E-state index in [-0.39, 0.29) is 0 Å². The smallest absolute Gasteiger partial charge is 0.0362 e. The van der Waals surface area contributed by atoms with Crippen LogP contribution in [0.5, 0.6) is 0 Å². The van der Waals surface area contributed by atoms with E-state index in [4.69, 9.17) is 5.73 Å². The number of hydrogen-bond acceptors (Lipinski definition) is 2. The molecular formula is C14H22N2. The molecule has 0 bridgehead atoms. The van der Waals surface area contributed by atoms with Crippen LogP contribution in [0.3, 0.4) is 0 Å². The summed E-state index contributed by atoms with van der Waals surface area (Å²) in [5.74, 6) is 0.886. The third kappa shape index (κ3) is 2.38. The van der Waals surface area contributed by atoms with Crippen molar-refractivity contribution in [1.29, 1.82) is 0 Å². The maximum absolute atomic E-state index is 6.03. The molecule has 1 aromatic carbocycles. The second-order valence-corrected chi connectivity index (χ2v) is 5.02. The highest BCUT2D eigenvalue weighted by Gasteiger charge is 2.22. The minimum Gasteiger partial charge on any atom is -0.398 e. The summed E-state index contributed by atoms with van der Waals surface area (Å²) in [4.78, 5) is 2.55. The SMILES string of the molecule is CC1CCN(C(C)c2ccccc2N)CC1. The number of hydrogen-bond donors (Lipinski definition) is 1. The Balaban J connectivity index is 2.07. The molecule has 1 saturated heterocycles. The van der Waals surface area contributed by atoms with Gasteiger partial charge in [-0.3, -0.25) is 4.90 Å². The monoisotopic (exact) mass is 218 g/mol. The highest BCUT2D eigenvalue weighted by atomic mass is 15.2. The molecule has 1 atom stereocenters. The lowest BCUT2D eigenvalue weighted by molar-refractivity contribution is 0.147. The maximum Gasteiger partial charge on any atom is 0.0362 e. The number of nitrogens with two attached hydrogens (primary N) is 1. The summed E-state index contributed by atoms with van der Waals surface area (Å²) in [7, 11) is 0. The first-order chi connectivity index (χ1) is 7.68. The van der Waals surface area contributed by atoms with Gasteiger partial charge >= 0.3 is 0 Å². The van der Waals surface area contributed by atoms with Crippen LogP contribution in [0.4, 0.5) is 5.69 Å². The third-order valence-electron chi connectivity index (χ3n) is 3.81. The number of likely N-dealkylation sites (tertiary alicyclic amines) is 1. The lowest BCUT2D eigenvalue weighted by atomic mass is 9.96. The maximum atomic E-state index is 6.03. The Morgan fingerprint density at radius 1 is 1.25 bits per heavy atom. The van der Waals surface area contributed by atoms with Crippen LogP contribution in [0.1, 0.15) is 38.3 Å². The molecule has 0 radical (unpaired) electrons. The summed E-state index contributed by atoms with van der Waals surface area (Å²) in [5.41, 5.74) is 8.23. The largest absolute Gasteiger partial charge is 0.398 e. The van der Waals surface area contributed by atoms with E-state index >= 15 is 0 Å². The average Bonchev–Trinajstić information content (AvgIpc) is 2.30. The molecule has 2 heteroatoms. The van der Waals surface area contributed by atoms with Crippen molar-refractivity contribution in [3.05, 3.63) is 29.8 Å². The van der Waals surface area contributed by atoms with Crippen LogP contribution >= 0.6 is 0 Å². The topological polar surface area (TPSA) is 29.3 Å². The first kappa shape index (κ1) is 11.5. The predicted molar refractivity (Wildman–Crippen MR) is 69.2 cm³/mol. The van der Waals surface area contributed by atoms with Crippen molar-refractivity contribution in [3.8, 4) is 0 Å². The molecule has 1 fully saturated rings. The van der Waals surface area contributed by atoms with Gasteiger partial charge < -0.3 is 5.73 Å². The highest BCUT2D eigenvalue weighted by Crippen LogP contribution is 2.29. The minimum atomic E-state index is 0.452. The molecule has 1 aromatic rings. The van der Waals surface area contributed by atoms with Gasteiger partial charge in [0.1, 0.15) is 0 Å². The van der Waals surface area contributed by atoms with E-state index in [1.807, 2.05) is 12.1 Å². The summed E-state index contributed by atoms with van der Waals surface area (Å²) in [6.07, 6.45) is 2.63. The van der Waals surface area contributed by atoms with E-state index in [1.54, 1.807) is 0 Å². The fourth-order valence-electron chi connectivity index (χ4n) is 2.50. The predicted octanol–water partition coefficient (Wildman–Crippen LogP) is 3.06. The van der Waals surface area contributed by atoms with Crippen molar-refractivity contribution in [2.45, 2.75) is 32.7 Å². The number of para-hydroxylation sites is 1. The first-order valence-corrected chi connectivity index (χ1v) is 6.27. The molecule has 16 heavy (non-hydrogen) atoms. The van der Waals surface area contributed by atoms with Gasteiger partial charge in [0.05, 0.1) is 0 Å². The molecule has 88 valence electrons. The van der Waals surface area contributed by atoms with Gasteiger partial charge in [-0.25, -0.2) is 0 Å². The van der Waals surface area contributed by atoms with E-state index < -0.39 is 0 Å². The fourth-order valence-corrected chi connectivity index (χ4v) is 2.50. The molecule has 1 unspecified atom stereocenters.